The van der Waals surface area contributed by atoms with Crippen LogP contribution < -0.4 is 16.0 Å². The van der Waals surface area contributed by atoms with E-state index in [0.29, 0.717) is 24.1 Å². The van der Waals surface area contributed by atoms with Gasteiger partial charge in [0.2, 0.25) is 5.91 Å². The number of hydrogen-bond donors (Lipinski definition) is 4. The molecule has 2 aromatic carbocycles. The number of carbonyl (C=O) groups is 3. The first-order valence-electron chi connectivity index (χ1n) is 16.2. The number of aryl methyl sites for hydroxylation is 1. The molecule has 248 valence electrons. The molecule has 7 rings (SSSR count). The molecule has 2 aliphatic heterocycles. The average Bonchev–Trinajstić information content (AvgIpc) is 3.73. The number of carbonyl (C=O) groups excluding carboxylic acids is 3. The Morgan fingerprint density at radius 1 is 0.878 bits per heavy atom. The molecule has 0 unspecified atom stereocenters. The van der Waals surface area contributed by atoms with Crippen molar-refractivity contribution in [3.63, 3.8) is 0 Å². The number of anilines is 2. The third-order valence-electron chi connectivity index (χ3n) is 8.59. The first kappa shape index (κ1) is 33.0. The fourth-order valence-electron chi connectivity index (χ4n) is 6.07. The molecule has 5 aromatic rings. The van der Waals surface area contributed by atoms with Crippen molar-refractivity contribution in [2.75, 3.05) is 37.8 Å². The van der Waals surface area contributed by atoms with Crippen LogP contribution in [0.15, 0.2) is 85.5 Å². The summed E-state index contributed by atoms with van der Waals surface area (Å²) in [5.41, 5.74) is 11.3. The third-order valence-corrected chi connectivity index (χ3v) is 8.59. The van der Waals surface area contributed by atoms with Crippen molar-refractivity contribution in [2.45, 2.75) is 26.7 Å². The van der Waals surface area contributed by atoms with E-state index >= 15 is 0 Å². The Bertz CT molecular complexity index is 2050. The predicted molar refractivity (Wildman–Crippen MR) is 194 cm³/mol. The van der Waals surface area contributed by atoms with E-state index in [2.05, 4.69) is 35.8 Å². The minimum absolute atomic E-state index is 0.0679. The van der Waals surface area contributed by atoms with Gasteiger partial charge in [0, 0.05) is 70.8 Å². The highest BCUT2D eigenvalue weighted by Crippen LogP contribution is 2.37. The van der Waals surface area contributed by atoms with Crippen LogP contribution in [0.25, 0.3) is 33.9 Å². The highest BCUT2D eigenvalue weighted by Gasteiger charge is 2.26. The van der Waals surface area contributed by atoms with E-state index in [9.17, 15) is 14.4 Å². The molecule has 0 fully saturated rings. The Labute approximate surface area is 285 Å². The number of aromatic amines is 1. The van der Waals surface area contributed by atoms with Gasteiger partial charge in [-0.2, -0.15) is 0 Å². The zero-order valence-electron chi connectivity index (χ0n) is 28.1. The first-order valence-corrected chi connectivity index (χ1v) is 16.2. The number of nitrogens with zero attached hydrogens (tertiary/aromatic N) is 3. The maximum absolute atomic E-state index is 12.8. The maximum Gasteiger partial charge on any atom is 0.256 e. The Morgan fingerprint density at radius 3 is 2.20 bits per heavy atom. The molecule has 10 nitrogen and oxygen atoms in total. The van der Waals surface area contributed by atoms with Gasteiger partial charge in [0.25, 0.3) is 11.8 Å². The molecule has 0 aliphatic carbocycles. The lowest BCUT2D eigenvalue weighted by Crippen LogP contribution is -2.27. The van der Waals surface area contributed by atoms with Gasteiger partial charge in [0.1, 0.15) is 0 Å². The summed E-state index contributed by atoms with van der Waals surface area (Å²) in [5, 5.41) is 8.81. The third kappa shape index (κ3) is 7.50. The molecule has 0 atom stereocenters. The van der Waals surface area contributed by atoms with Crippen LogP contribution in [0.3, 0.4) is 0 Å². The molecule has 0 bridgehead atoms. The van der Waals surface area contributed by atoms with Gasteiger partial charge in [-0.25, -0.2) is 0 Å². The molecule has 2 aliphatic rings. The van der Waals surface area contributed by atoms with Crippen molar-refractivity contribution in [3.8, 4) is 22.3 Å². The Hall–Kier alpha value is -5.87. The van der Waals surface area contributed by atoms with E-state index in [4.69, 9.17) is 0 Å². The lowest BCUT2D eigenvalue weighted by atomic mass is 10.00. The van der Waals surface area contributed by atoms with Crippen LogP contribution in [0, 0.1) is 13.8 Å². The molecule has 3 aromatic heterocycles. The Morgan fingerprint density at radius 2 is 1.55 bits per heavy atom. The number of H-pyrrole nitrogens is 1. The summed E-state index contributed by atoms with van der Waals surface area (Å²) in [6, 6.07) is 19.7. The van der Waals surface area contributed by atoms with Crippen molar-refractivity contribution in [1.29, 1.82) is 0 Å². The van der Waals surface area contributed by atoms with E-state index in [1.807, 2.05) is 101 Å². The van der Waals surface area contributed by atoms with Crippen molar-refractivity contribution < 1.29 is 14.4 Å². The second kappa shape index (κ2) is 14.5. The fourth-order valence-corrected chi connectivity index (χ4v) is 6.07. The number of amides is 3. The van der Waals surface area contributed by atoms with Crippen LogP contribution in [-0.2, 0) is 16.0 Å². The van der Waals surface area contributed by atoms with E-state index in [1.165, 1.54) is 0 Å². The first-order chi connectivity index (χ1) is 23.7. The lowest BCUT2D eigenvalue weighted by Gasteiger charge is -2.10. The second-order valence-electron chi connectivity index (χ2n) is 12.4. The van der Waals surface area contributed by atoms with Crippen LogP contribution in [0.1, 0.15) is 44.9 Å². The van der Waals surface area contributed by atoms with Gasteiger partial charge in [0.05, 0.1) is 17.6 Å². The highest BCUT2D eigenvalue weighted by atomic mass is 16.2. The smallest absolute Gasteiger partial charge is 0.256 e. The number of nitrogens with one attached hydrogen (secondary N) is 4. The molecule has 0 saturated heterocycles. The number of aromatic nitrogens is 3. The fraction of sp³-hybridized carbons (Fsp3) is 0.205. The number of hydrogen-bond acceptors (Lipinski definition) is 6. The molecular formula is C39H39N7O3. The normalized spacial score (nSPS) is 13.8. The molecule has 4 N–H and O–H groups in total. The standard InChI is InChI=1S/C26H29N5O2.C13H10N2O/c1-16-22(29-17(2)24(16)26(33)28-11-6-12-31(3)4)14-21-20-9-8-18(13-23(20)30-25(21)32)19-7-5-10-27-15-19;16-13-7-10-4-3-9(6-12(10)15-13)11-2-1-5-14-8-11/h5,7-10,13-15,29H,6,11-12H2,1-4H3,(H,28,33)(H,30,32);1-6,8H,7H2,(H,15,16). The summed E-state index contributed by atoms with van der Waals surface area (Å²) in [6.45, 7) is 5.32. The monoisotopic (exact) mass is 653 g/mol. The summed E-state index contributed by atoms with van der Waals surface area (Å²) in [7, 11) is 4.03. The molecule has 0 radical (unpaired) electrons. The highest BCUT2D eigenvalue weighted by molar-refractivity contribution is 6.35. The number of pyridine rings is 2. The summed E-state index contributed by atoms with van der Waals surface area (Å²) in [4.78, 5) is 50.4. The minimum Gasteiger partial charge on any atom is -0.358 e. The maximum atomic E-state index is 12.8. The van der Waals surface area contributed by atoms with Crippen molar-refractivity contribution in [3.05, 3.63) is 119 Å². The zero-order valence-corrected chi connectivity index (χ0v) is 28.1. The molecule has 5 heterocycles. The number of rotatable bonds is 8. The van der Waals surface area contributed by atoms with E-state index in [1.54, 1.807) is 18.6 Å². The van der Waals surface area contributed by atoms with Crippen LogP contribution in [0.2, 0.25) is 0 Å². The summed E-state index contributed by atoms with van der Waals surface area (Å²) < 4.78 is 0. The van der Waals surface area contributed by atoms with Gasteiger partial charge in [-0.15, -0.1) is 0 Å². The summed E-state index contributed by atoms with van der Waals surface area (Å²) in [6.07, 6.45) is 10.3. The quantitative estimate of drug-likeness (QED) is 0.118. The van der Waals surface area contributed by atoms with Crippen LogP contribution >= 0.6 is 0 Å². The molecular weight excluding hydrogens is 614 g/mol. The van der Waals surface area contributed by atoms with Crippen molar-refractivity contribution in [2.24, 2.45) is 0 Å². The molecule has 49 heavy (non-hydrogen) atoms. The van der Waals surface area contributed by atoms with Crippen LogP contribution in [-0.4, -0.2) is 64.8 Å². The van der Waals surface area contributed by atoms with Gasteiger partial charge >= 0.3 is 0 Å². The van der Waals surface area contributed by atoms with Gasteiger partial charge in [0.15, 0.2) is 0 Å². The molecule has 10 heteroatoms. The molecule has 3 amide bonds. The molecule has 0 spiro atoms. The van der Waals surface area contributed by atoms with Crippen LogP contribution in [0.5, 0.6) is 0 Å². The van der Waals surface area contributed by atoms with Gasteiger partial charge in [-0.05, 0) is 93.5 Å². The average molecular weight is 654 g/mol. The Kier molecular flexibility index (Phi) is 9.77. The second-order valence-corrected chi connectivity index (χ2v) is 12.4. The minimum atomic E-state index is -0.158. The predicted octanol–water partition coefficient (Wildman–Crippen LogP) is 6.11. The van der Waals surface area contributed by atoms with E-state index in [-0.39, 0.29) is 17.7 Å². The van der Waals surface area contributed by atoms with E-state index in [0.717, 1.165) is 74.7 Å². The topological polar surface area (TPSA) is 132 Å². The zero-order chi connectivity index (χ0) is 34.5. The summed E-state index contributed by atoms with van der Waals surface area (Å²) >= 11 is 0. The van der Waals surface area contributed by atoms with Gasteiger partial charge < -0.3 is 25.8 Å². The van der Waals surface area contributed by atoms with Crippen LogP contribution in [0.4, 0.5) is 11.4 Å². The molecule has 0 saturated carbocycles. The van der Waals surface area contributed by atoms with Crippen molar-refractivity contribution in [1.82, 2.24) is 25.2 Å². The lowest BCUT2D eigenvalue weighted by molar-refractivity contribution is -0.115. The summed E-state index contributed by atoms with van der Waals surface area (Å²) in [5.74, 6) is -0.185. The van der Waals surface area contributed by atoms with E-state index < -0.39 is 0 Å². The van der Waals surface area contributed by atoms with Gasteiger partial charge in [-0.1, -0.05) is 36.4 Å². The number of fused-ring (bicyclic) bond motifs is 2. The Balaban J connectivity index is 0.000000216. The largest absolute Gasteiger partial charge is 0.358 e. The number of benzene rings is 2. The SMILES string of the molecule is Cc1[nH]c(C=C2C(=O)Nc3cc(-c4cccnc4)ccc32)c(C)c1C(=O)NCCCN(C)C.O=C1Cc2ccc(-c3cccnc3)cc2N1. The van der Waals surface area contributed by atoms with Crippen molar-refractivity contribution >= 4 is 40.7 Å². The van der Waals surface area contributed by atoms with Gasteiger partial charge in [-0.3, -0.25) is 24.4 Å².